The van der Waals surface area contributed by atoms with Crippen molar-refractivity contribution in [1.82, 2.24) is 10.2 Å². The highest BCUT2D eigenvalue weighted by Gasteiger charge is 2.32. The maximum atomic E-state index is 13.9. The molecule has 0 spiro atoms. The van der Waals surface area contributed by atoms with Crippen LogP contribution in [0.25, 0.3) is 0 Å². The first-order valence-electron chi connectivity index (χ1n) is 12.6. The van der Waals surface area contributed by atoms with Gasteiger partial charge in [0.15, 0.2) is 0 Å². The van der Waals surface area contributed by atoms with Gasteiger partial charge in [0.05, 0.1) is 10.6 Å². The van der Waals surface area contributed by atoms with E-state index in [-0.39, 0.29) is 17.3 Å². The van der Waals surface area contributed by atoms with Crippen LogP contribution in [-0.2, 0) is 26.2 Å². The number of benzene rings is 3. The van der Waals surface area contributed by atoms with Crippen LogP contribution in [0.1, 0.15) is 37.0 Å². The molecule has 10 heteroatoms. The number of anilines is 1. The molecule has 7 nitrogen and oxygen atoms in total. The third-order valence-electron chi connectivity index (χ3n) is 6.42. The first kappa shape index (κ1) is 30.7. The number of nitrogens with one attached hydrogen (secondary N) is 1. The average molecular weight is 635 g/mol. The third-order valence-corrected chi connectivity index (χ3v) is 8.95. The molecule has 3 aromatic rings. The molecule has 3 aromatic carbocycles. The zero-order chi connectivity index (χ0) is 28.7. The molecule has 2 amide bonds. The molecule has 0 saturated carbocycles. The fraction of sp³-hybridized carbons (Fsp3) is 0.310. The van der Waals surface area contributed by atoms with Crippen molar-refractivity contribution in [3.05, 3.63) is 92.9 Å². The minimum atomic E-state index is -4.15. The number of hydrogen-bond donors (Lipinski definition) is 1. The Kier molecular flexibility index (Phi) is 10.6. The van der Waals surface area contributed by atoms with Crippen molar-refractivity contribution in [1.29, 1.82) is 0 Å². The van der Waals surface area contributed by atoms with E-state index in [1.165, 1.54) is 29.2 Å². The van der Waals surface area contributed by atoms with E-state index in [1.807, 2.05) is 51.1 Å². The van der Waals surface area contributed by atoms with Gasteiger partial charge in [-0.05, 0) is 92.4 Å². The van der Waals surface area contributed by atoms with E-state index >= 15 is 0 Å². The molecule has 1 atom stereocenters. The predicted molar refractivity (Wildman–Crippen MR) is 159 cm³/mol. The summed E-state index contributed by atoms with van der Waals surface area (Å²) in [5.41, 5.74) is 3.03. The molecule has 3 rings (SSSR count). The van der Waals surface area contributed by atoms with Gasteiger partial charge in [0.2, 0.25) is 11.8 Å². The zero-order valence-electron chi connectivity index (χ0n) is 22.4. The van der Waals surface area contributed by atoms with Gasteiger partial charge >= 0.3 is 0 Å². The summed E-state index contributed by atoms with van der Waals surface area (Å²) in [7, 11) is -4.15. The van der Waals surface area contributed by atoms with E-state index < -0.39 is 28.5 Å². The van der Waals surface area contributed by atoms with Crippen molar-refractivity contribution in [2.45, 2.75) is 51.6 Å². The number of amides is 2. The van der Waals surface area contributed by atoms with Gasteiger partial charge in [-0.3, -0.25) is 13.9 Å². The first-order valence-corrected chi connectivity index (χ1v) is 15.2. The lowest BCUT2D eigenvalue weighted by Gasteiger charge is -2.32. The Morgan fingerprint density at radius 3 is 2.31 bits per heavy atom. The number of carbonyl (C=O) groups excluding carboxylic acids is 2. The van der Waals surface area contributed by atoms with E-state index in [1.54, 1.807) is 19.1 Å². The second-order valence-electron chi connectivity index (χ2n) is 9.35. The number of rotatable bonds is 11. The molecule has 0 fully saturated rings. The minimum absolute atomic E-state index is 0.00482. The molecule has 0 saturated heterocycles. The Morgan fingerprint density at radius 1 is 1.00 bits per heavy atom. The Balaban J connectivity index is 2.04. The van der Waals surface area contributed by atoms with Gasteiger partial charge in [0.25, 0.3) is 10.0 Å². The van der Waals surface area contributed by atoms with Gasteiger partial charge in [0.1, 0.15) is 12.6 Å². The van der Waals surface area contributed by atoms with Crippen LogP contribution in [0.3, 0.4) is 0 Å². The fourth-order valence-corrected chi connectivity index (χ4v) is 5.93. The summed E-state index contributed by atoms with van der Waals surface area (Å²) in [4.78, 5) is 28.3. The van der Waals surface area contributed by atoms with Gasteiger partial charge < -0.3 is 10.2 Å². The monoisotopic (exact) mass is 633 g/mol. The molecule has 0 bridgehead atoms. The second-order valence-corrected chi connectivity index (χ2v) is 12.6. The Labute approximate surface area is 244 Å². The number of nitrogens with zero attached hydrogens (tertiary/aromatic N) is 2. The van der Waals surface area contributed by atoms with Crippen molar-refractivity contribution in [2.75, 3.05) is 17.4 Å². The largest absolute Gasteiger partial charge is 0.354 e. The van der Waals surface area contributed by atoms with Crippen LogP contribution in [0.15, 0.2) is 76.1 Å². The average Bonchev–Trinajstić information content (AvgIpc) is 2.90. The normalized spacial score (nSPS) is 12.1. The third kappa shape index (κ3) is 7.84. The van der Waals surface area contributed by atoms with Gasteiger partial charge in [0, 0.05) is 22.6 Å². The second kappa shape index (κ2) is 13.5. The minimum Gasteiger partial charge on any atom is -0.354 e. The fourth-order valence-electron chi connectivity index (χ4n) is 3.95. The van der Waals surface area contributed by atoms with Gasteiger partial charge in [-0.15, -0.1) is 0 Å². The smallest absolute Gasteiger partial charge is 0.264 e. The topological polar surface area (TPSA) is 86.8 Å². The van der Waals surface area contributed by atoms with Crippen molar-refractivity contribution in [3.63, 3.8) is 0 Å². The summed E-state index contributed by atoms with van der Waals surface area (Å²) < 4.78 is 29.7. The molecular formula is C29H33BrClN3O4S. The van der Waals surface area contributed by atoms with Crippen LogP contribution in [-0.4, -0.2) is 44.3 Å². The highest BCUT2D eigenvalue weighted by atomic mass is 79.9. The highest BCUT2D eigenvalue weighted by Crippen LogP contribution is 2.27. The quantitative estimate of drug-likeness (QED) is 0.286. The van der Waals surface area contributed by atoms with E-state index in [2.05, 4.69) is 21.2 Å². The SMILES string of the molecule is CCCNC(=O)[C@@H](C)N(Cc1cccc(Br)c1)C(=O)CN(c1ccc(C)c(C)c1)S(=O)(=O)c1ccc(Cl)cc1. The first-order chi connectivity index (χ1) is 18.4. The molecule has 0 aliphatic carbocycles. The van der Waals surface area contributed by atoms with E-state index in [0.717, 1.165) is 31.9 Å². The summed E-state index contributed by atoms with van der Waals surface area (Å²) in [6.07, 6.45) is 0.748. The lowest BCUT2D eigenvalue weighted by molar-refractivity contribution is -0.139. The lowest BCUT2D eigenvalue weighted by Crippen LogP contribution is -2.51. The number of hydrogen-bond acceptors (Lipinski definition) is 4. The van der Waals surface area contributed by atoms with Crippen molar-refractivity contribution in [3.8, 4) is 0 Å². The summed E-state index contributed by atoms with van der Waals surface area (Å²) in [5, 5.41) is 3.24. The maximum Gasteiger partial charge on any atom is 0.264 e. The highest BCUT2D eigenvalue weighted by molar-refractivity contribution is 9.10. The van der Waals surface area contributed by atoms with Crippen LogP contribution in [0.2, 0.25) is 5.02 Å². The molecule has 39 heavy (non-hydrogen) atoms. The van der Waals surface area contributed by atoms with Crippen LogP contribution in [0.4, 0.5) is 5.69 Å². The molecule has 0 aliphatic heterocycles. The number of sulfonamides is 1. The number of halogens is 2. The predicted octanol–water partition coefficient (Wildman–Crippen LogP) is 5.86. The number of carbonyl (C=O) groups is 2. The van der Waals surface area contributed by atoms with E-state index in [9.17, 15) is 18.0 Å². The van der Waals surface area contributed by atoms with Gasteiger partial charge in [-0.25, -0.2) is 8.42 Å². The van der Waals surface area contributed by atoms with Crippen LogP contribution in [0.5, 0.6) is 0 Å². The number of aryl methyl sites for hydroxylation is 2. The summed E-state index contributed by atoms with van der Waals surface area (Å²) in [5.74, 6) is -0.816. The van der Waals surface area contributed by atoms with Crippen LogP contribution >= 0.6 is 27.5 Å². The van der Waals surface area contributed by atoms with E-state index in [4.69, 9.17) is 11.6 Å². The Hall–Kier alpha value is -2.88. The van der Waals surface area contributed by atoms with Crippen molar-refractivity contribution < 1.29 is 18.0 Å². The molecule has 208 valence electrons. The molecule has 1 N–H and O–H groups in total. The molecule has 0 radical (unpaired) electrons. The maximum absolute atomic E-state index is 13.9. The lowest BCUT2D eigenvalue weighted by atomic mass is 10.1. The summed E-state index contributed by atoms with van der Waals surface area (Å²) in [6.45, 7) is 7.51. The molecule has 0 aliphatic rings. The Morgan fingerprint density at radius 2 is 1.69 bits per heavy atom. The summed E-state index contributed by atoms with van der Waals surface area (Å²) >= 11 is 9.45. The molecular weight excluding hydrogens is 602 g/mol. The van der Waals surface area contributed by atoms with Crippen molar-refractivity contribution in [2.24, 2.45) is 0 Å². The van der Waals surface area contributed by atoms with Gasteiger partial charge in [-0.1, -0.05) is 52.7 Å². The van der Waals surface area contributed by atoms with Crippen LogP contribution < -0.4 is 9.62 Å². The summed E-state index contributed by atoms with van der Waals surface area (Å²) in [6, 6.07) is 17.7. The zero-order valence-corrected chi connectivity index (χ0v) is 25.6. The van der Waals surface area contributed by atoms with Gasteiger partial charge in [-0.2, -0.15) is 0 Å². The van der Waals surface area contributed by atoms with E-state index in [0.29, 0.717) is 17.3 Å². The Bertz CT molecular complexity index is 1430. The molecule has 0 heterocycles. The van der Waals surface area contributed by atoms with Crippen molar-refractivity contribution >= 4 is 55.1 Å². The standard InChI is InChI=1S/C29H33BrClN3O4S/c1-5-15-32-29(36)22(4)33(18-23-7-6-8-24(30)17-23)28(35)19-34(26-12-9-20(2)21(3)16-26)39(37,38)27-13-10-25(31)11-14-27/h6-14,16-17,22H,5,15,18-19H2,1-4H3,(H,32,36)/t22-/m1/s1. The molecule has 0 aromatic heterocycles. The van der Waals surface area contributed by atoms with Crippen LogP contribution in [0, 0.1) is 13.8 Å². The molecule has 0 unspecified atom stereocenters.